The molecule has 0 unspecified atom stereocenters. The number of nitrogens with one attached hydrogen (secondary N) is 1. The Hall–Kier alpha value is -0.690. The van der Waals surface area contributed by atoms with Crippen molar-refractivity contribution in [3.8, 4) is 0 Å². The van der Waals surface area contributed by atoms with Crippen LogP contribution < -0.4 is 9.62 Å². The molecule has 1 aromatic rings. The second-order valence-corrected chi connectivity index (χ2v) is 9.96. The zero-order valence-electron chi connectivity index (χ0n) is 13.6. The minimum absolute atomic E-state index is 0.118. The quantitative estimate of drug-likeness (QED) is 0.731. The van der Waals surface area contributed by atoms with Crippen molar-refractivity contribution in [2.45, 2.75) is 31.7 Å². The molecule has 0 radical (unpaired) electrons. The highest BCUT2D eigenvalue weighted by atomic mass is 35.5. The molecule has 2 fully saturated rings. The van der Waals surface area contributed by atoms with Gasteiger partial charge in [-0.2, -0.15) is 0 Å². The first-order valence-electron chi connectivity index (χ1n) is 8.06. The number of anilines is 1. The third kappa shape index (κ3) is 4.18. The molecule has 5 nitrogen and oxygen atoms in total. The number of rotatable bonds is 5. The fourth-order valence-electron chi connectivity index (χ4n) is 3.89. The smallest absolute Gasteiger partial charge is 0.241 e. The standard InChI is InChI=1S/C16H19Cl3N2O3S/c1-25(23,24)21(15-7-12(18)11(17)6-13(15)19)8-16(22)20-14-5-9-2-3-10(14)4-9/h6-7,9-10,14H,2-5,8H2,1H3,(H,20,22)/t9-,10+,14+/m0/s1. The monoisotopic (exact) mass is 424 g/mol. The molecule has 2 aliphatic rings. The van der Waals surface area contributed by atoms with Crippen LogP contribution in [0, 0.1) is 11.8 Å². The molecule has 0 aliphatic heterocycles. The molecule has 1 N–H and O–H groups in total. The van der Waals surface area contributed by atoms with Crippen LogP contribution in [0.5, 0.6) is 0 Å². The van der Waals surface area contributed by atoms with E-state index in [0.717, 1.165) is 29.8 Å². The Bertz CT molecular complexity index is 800. The lowest BCUT2D eigenvalue weighted by Gasteiger charge is -2.27. The summed E-state index contributed by atoms with van der Waals surface area (Å²) in [7, 11) is -3.72. The number of carbonyl (C=O) groups is 1. The third-order valence-corrected chi connectivity index (χ3v) is 7.18. The number of nitrogens with zero attached hydrogens (tertiary/aromatic N) is 1. The van der Waals surface area contributed by atoms with E-state index < -0.39 is 10.0 Å². The van der Waals surface area contributed by atoms with Crippen LogP contribution in [0.4, 0.5) is 5.69 Å². The minimum Gasteiger partial charge on any atom is -0.352 e. The predicted molar refractivity (Wildman–Crippen MR) is 101 cm³/mol. The Morgan fingerprint density at radius 1 is 1.16 bits per heavy atom. The van der Waals surface area contributed by atoms with Gasteiger partial charge in [-0.25, -0.2) is 8.42 Å². The first-order chi connectivity index (χ1) is 11.6. The number of sulfonamides is 1. The fraction of sp³-hybridized carbons (Fsp3) is 0.562. The average molecular weight is 426 g/mol. The van der Waals surface area contributed by atoms with Crippen LogP contribution in [0.1, 0.15) is 25.7 Å². The second-order valence-electron chi connectivity index (χ2n) is 6.84. The molecule has 2 bridgehead atoms. The van der Waals surface area contributed by atoms with Gasteiger partial charge in [0.05, 0.1) is 27.0 Å². The highest BCUT2D eigenvalue weighted by molar-refractivity contribution is 7.92. The summed E-state index contributed by atoms with van der Waals surface area (Å²) in [6, 6.07) is 2.86. The molecule has 0 saturated heterocycles. The van der Waals surface area contributed by atoms with Crippen molar-refractivity contribution >= 4 is 56.4 Å². The van der Waals surface area contributed by atoms with Crippen molar-refractivity contribution in [2.75, 3.05) is 17.1 Å². The second kappa shape index (κ2) is 7.14. The molecule has 9 heteroatoms. The summed E-state index contributed by atoms with van der Waals surface area (Å²) in [5, 5.41) is 3.49. The van der Waals surface area contributed by atoms with Crippen LogP contribution in [-0.4, -0.2) is 33.2 Å². The molecule has 0 heterocycles. The van der Waals surface area contributed by atoms with Crippen molar-refractivity contribution in [3.63, 3.8) is 0 Å². The van der Waals surface area contributed by atoms with Crippen LogP contribution >= 0.6 is 34.8 Å². The lowest BCUT2D eigenvalue weighted by atomic mass is 9.95. The van der Waals surface area contributed by atoms with Crippen LogP contribution in [0.2, 0.25) is 15.1 Å². The zero-order valence-corrected chi connectivity index (χ0v) is 16.7. The number of amides is 1. The Balaban J connectivity index is 1.78. The van der Waals surface area contributed by atoms with Gasteiger partial charge in [0.1, 0.15) is 6.54 Å². The van der Waals surface area contributed by atoms with E-state index in [4.69, 9.17) is 34.8 Å². The van der Waals surface area contributed by atoms with Gasteiger partial charge in [-0.05, 0) is 43.2 Å². The maximum absolute atomic E-state index is 12.4. The van der Waals surface area contributed by atoms with E-state index in [1.807, 2.05) is 0 Å². The topological polar surface area (TPSA) is 66.5 Å². The van der Waals surface area contributed by atoms with E-state index in [0.29, 0.717) is 11.8 Å². The number of fused-ring (bicyclic) bond motifs is 2. The Kier molecular flexibility index (Phi) is 5.45. The van der Waals surface area contributed by atoms with E-state index in [1.54, 1.807) is 0 Å². The Morgan fingerprint density at radius 2 is 1.84 bits per heavy atom. The molecule has 25 heavy (non-hydrogen) atoms. The van der Waals surface area contributed by atoms with E-state index >= 15 is 0 Å². The summed E-state index contributed by atoms with van der Waals surface area (Å²) >= 11 is 18.0. The minimum atomic E-state index is -3.72. The summed E-state index contributed by atoms with van der Waals surface area (Å²) in [5.74, 6) is 0.852. The molecule has 2 saturated carbocycles. The Morgan fingerprint density at radius 3 is 2.40 bits per heavy atom. The molecule has 0 aromatic heterocycles. The lowest BCUT2D eigenvalue weighted by molar-refractivity contribution is -0.120. The van der Waals surface area contributed by atoms with E-state index in [9.17, 15) is 13.2 Å². The van der Waals surface area contributed by atoms with E-state index in [1.165, 1.54) is 18.6 Å². The lowest BCUT2D eigenvalue weighted by Crippen LogP contribution is -2.45. The number of halogens is 3. The molecule has 1 amide bonds. The maximum Gasteiger partial charge on any atom is 0.241 e. The zero-order chi connectivity index (χ0) is 18.4. The first kappa shape index (κ1) is 19.1. The van der Waals surface area contributed by atoms with Crippen molar-refractivity contribution in [3.05, 3.63) is 27.2 Å². The third-order valence-electron chi connectivity index (χ3n) is 5.03. The van der Waals surface area contributed by atoms with Crippen molar-refractivity contribution in [1.29, 1.82) is 0 Å². The van der Waals surface area contributed by atoms with Gasteiger partial charge in [0.15, 0.2) is 0 Å². The summed E-state index contributed by atoms with van der Waals surface area (Å²) in [5.41, 5.74) is 0.140. The van der Waals surface area contributed by atoms with Gasteiger partial charge >= 0.3 is 0 Å². The van der Waals surface area contributed by atoms with Crippen molar-refractivity contribution in [1.82, 2.24) is 5.32 Å². The van der Waals surface area contributed by atoms with Gasteiger partial charge in [0, 0.05) is 6.04 Å². The number of hydrogen-bond acceptors (Lipinski definition) is 3. The molecule has 0 spiro atoms. The van der Waals surface area contributed by atoms with Crippen molar-refractivity contribution in [2.24, 2.45) is 11.8 Å². The van der Waals surface area contributed by atoms with Crippen LogP contribution in [-0.2, 0) is 14.8 Å². The fourth-order valence-corrected chi connectivity index (χ4v) is 5.44. The normalized spacial score (nSPS) is 25.2. The van der Waals surface area contributed by atoms with Gasteiger partial charge in [-0.15, -0.1) is 0 Å². The molecule has 1 aromatic carbocycles. The largest absolute Gasteiger partial charge is 0.352 e. The molecule has 2 aliphatic carbocycles. The first-order valence-corrected chi connectivity index (χ1v) is 11.0. The van der Waals surface area contributed by atoms with Crippen LogP contribution in [0.15, 0.2) is 12.1 Å². The molecule has 138 valence electrons. The summed E-state index contributed by atoms with van der Waals surface area (Å²) < 4.78 is 25.3. The SMILES string of the molecule is CS(=O)(=O)N(CC(=O)N[C@@H]1C[C@H]2CC[C@@H]1C2)c1cc(Cl)c(Cl)cc1Cl. The van der Waals surface area contributed by atoms with Crippen LogP contribution in [0.25, 0.3) is 0 Å². The maximum atomic E-state index is 12.4. The average Bonchev–Trinajstić information content (AvgIpc) is 3.10. The van der Waals surface area contributed by atoms with Gasteiger partial charge in [-0.1, -0.05) is 41.2 Å². The predicted octanol–water partition coefficient (Wildman–Crippen LogP) is 3.72. The summed E-state index contributed by atoms with van der Waals surface area (Å²) in [6.07, 6.45) is 5.51. The molecule has 3 atom stereocenters. The highest BCUT2D eigenvalue weighted by Crippen LogP contribution is 2.44. The molecular formula is C16H19Cl3N2O3S. The van der Waals surface area contributed by atoms with Gasteiger partial charge in [0.2, 0.25) is 15.9 Å². The highest BCUT2D eigenvalue weighted by Gasteiger charge is 2.40. The van der Waals surface area contributed by atoms with Crippen molar-refractivity contribution < 1.29 is 13.2 Å². The van der Waals surface area contributed by atoms with Gasteiger partial charge in [0.25, 0.3) is 0 Å². The molecular weight excluding hydrogens is 407 g/mol. The Labute approximate surface area is 162 Å². The van der Waals surface area contributed by atoms with Gasteiger partial charge in [-0.3, -0.25) is 9.10 Å². The molecule has 3 rings (SSSR count). The van der Waals surface area contributed by atoms with Gasteiger partial charge < -0.3 is 5.32 Å². The number of carbonyl (C=O) groups excluding carboxylic acids is 1. The number of benzene rings is 1. The van der Waals surface area contributed by atoms with E-state index in [2.05, 4.69) is 5.32 Å². The van der Waals surface area contributed by atoms with Crippen LogP contribution in [0.3, 0.4) is 0 Å². The summed E-state index contributed by atoms with van der Waals surface area (Å²) in [6.45, 7) is -0.343. The van der Waals surface area contributed by atoms with E-state index in [-0.39, 0.29) is 39.2 Å². The number of hydrogen-bond donors (Lipinski definition) is 1. The summed E-state index contributed by atoms with van der Waals surface area (Å²) in [4.78, 5) is 12.4.